The van der Waals surface area contributed by atoms with E-state index in [2.05, 4.69) is 29.8 Å². The molecule has 0 saturated heterocycles. The topological polar surface area (TPSA) is 26.0 Å². The van der Waals surface area contributed by atoms with Gasteiger partial charge < -0.3 is 5.73 Å². The van der Waals surface area contributed by atoms with E-state index >= 15 is 0 Å². The monoisotopic (exact) mass is 359 g/mol. The van der Waals surface area contributed by atoms with E-state index in [9.17, 15) is 13.2 Å². The van der Waals surface area contributed by atoms with E-state index in [-0.39, 0.29) is 18.4 Å². The van der Waals surface area contributed by atoms with Gasteiger partial charge in [0, 0.05) is 10.5 Å². The van der Waals surface area contributed by atoms with Crippen molar-refractivity contribution < 1.29 is 13.2 Å². The molecule has 0 amide bonds. The van der Waals surface area contributed by atoms with Gasteiger partial charge in [0.15, 0.2) is 0 Å². The predicted molar refractivity (Wildman–Crippen MR) is 77.4 cm³/mol. The Morgan fingerprint density at radius 3 is 2.21 bits per heavy atom. The Labute approximate surface area is 126 Å². The van der Waals surface area contributed by atoms with Crippen molar-refractivity contribution in [3.63, 3.8) is 0 Å². The highest BCUT2D eigenvalue weighted by Crippen LogP contribution is 2.33. The van der Waals surface area contributed by atoms with Crippen molar-refractivity contribution in [2.75, 3.05) is 0 Å². The lowest BCUT2D eigenvalue weighted by molar-refractivity contribution is -0.137. The molecule has 2 N–H and O–H groups in total. The molecular weight excluding hydrogens is 343 g/mol. The minimum Gasteiger partial charge on any atom is -0.324 e. The number of halogens is 5. The summed E-state index contributed by atoms with van der Waals surface area (Å²) in [5, 5.41) is 0. The fourth-order valence-corrected chi connectivity index (χ4v) is 2.18. The number of nitrogens with two attached hydrogens (primary N) is 1. The lowest BCUT2D eigenvalue weighted by atomic mass is 9.97. The molecule has 0 radical (unpaired) electrons. The van der Waals surface area contributed by atoms with Crippen LogP contribution in [-0.4, -0.2) is 0 Å². The summed E-state index contributed by atoms with van der Waals surface area (Å²) < 4.78 is 38.4. The van der Waals surface area contributed by atoms with E-state index in [4.69, 9.17) is 5.73 Å². The summed E-state index contributed by atoms with van der Waals surface area (Å²) >= 11 is 3.10. The van der Waals surface area contributed by atoms with Gasteiger partial charge in [0.05, 0.1) is 5.56 Å². The van der Waals surface area contributed by atoms with Gasteiger partial charge in [-0.3, -0.25) is 0 Å². The van der Waals surface area contributed by atoms with E-state index in [1.807, 2.05) is 0 Å². The van der Waals surface area contributed by atoms with Crippen LogP contribution >= 0.6 is 28.3 Å². The molecule has 1 aromatic carbocycles. The first-order valence-electron chi connectivity index (χ1n) is 5.83. The third kappa shape index (κ3) is 6.15. The van der Waals surface area contributed by atoms with E-state index in [1.54, 1.807) is 6.07 Å². The molecule has 0 fully saturated rings. The lowest BCUT2D eigenvalue weighted by Crippen LogP contribution is -2.13. The largest absolute Gasteiger partial charge is 0.416 e. The van der Waals surface area contributed by atoms with Gasteiger partial charge in [-0.05, 0) is 42.5 Å². The number of hydrogen-bond donors (Lipinski definition) is 1. The normalized spacial score (nSPS) is 13.3. The van der Waals surface area contributed by atoms with Gasteiger partial charge in [-0.15, -0.1) is 12.4 Å². The molecule has 1 rings (SSSR count). The van der Waals surface area contributed by atoms with Crippen LogP contribution in [0.4, 0.5) is 13.2 Å². The number of alkyl halides is 3. The van der Waals surface area contributed by atoms with Gasteiger partial charge in [0.2, 0.25) is 0 Å². The molecule has 0 aliphatic rings. The molecule has 110 valence electrons. The van der Waals surface area contributed by atoms with Crippen molar-refractivity contribution in [3.8, 4) is 0 Å². The van der Waals surface area contributed by atoms with Crippen molar-refractivity contribution in [1.82, 2.24) is 0 Å². The fraction of sp³-hybridized carbons (Fsp3) is 0.538. The van der Waals surface area contributed by atoms with Gasteiger partial charge in [-0.25, -0.2) is 0 Å². The van der Waals surface area contributed by atoms with Crippen LogP contribution < -0.4 is 5.73 Å². The van der Waals surface area contributed by atoms with Gasteiger partial charge in [-0.1, -0.05) is 29.8 Å². The summed E-state index contributed by atoms with van der Waals surface area (Å²) in [5.74, 6) is 0.491. The average Bonchev–Trinajstić information content (AvgIpc) is 2.23. The van der Waals surface area contributed by atoms with Crippen LogP contribution in [0, 0.1) is 5.92 Å². The maximum Gasteiger partial charge on any atom is 0.416 e. The Morgan fingerprint density at radius 1 is 1.16 bits per heavy atom. The zero-order chi connectivity index (χ0) is 13.9. The Balaban J connectivity index is 0.00000324. The van der Waals surface area contributed by atoms with Crippen LogP contribution in [0.3, 0.4) is 0 Å². The first-order valence-corrected chi connectivity index (χ1v) is 6.62. The minimum atomic E-state index is -4.34. The van der Waals surface area contributed by atoms with Gasteiger partial charge in [-0.2, -0.15) is 13.2 Å². The molecule has 0 aliphatic heterocycles. The van der Waals surface area contributed by atoms with Crippen LogP contribution in [0.2, 0.25) is 0 Å². The molecule has 19 heavy (non-hydrogen) atoms. The van der Waals surface area contributed by atoms with Crippen molar-refractivity contribution >= 4 is 28.3 Å². The van der Waals surface area contributed by atoms with Crippen molar-refractivity contribution in [1.29, 1.82) is 0 Å². The molecule has 0 aromatic heterocycles. The first-order chi connectivity index (χ1) is 8.20. The van der Waals surface area contributed by atoms with Crippen molar-refractivity contribution in [2.45, 2.75) is 38.9 Å². The summed E-state index contributed by atoms with van der Waals surface area (Å²) in [5.41, 5.74) is 5.80. The molecule has 0 aliphatic carbocycles. The Morgan fingerprint density at radius 2 is 1.74 bits per heavy atom. The molecule has 1 aromatic rings. The van der Waals surface area contributed by atoms with Crippen LogP contribution in [0.1, 0.15) is 43.9 Å². The third-order valence-corrected chi connectivity index (χ3v) is 3.19. The predicted octanol–water partition coefficient (Wildman–Crippen LogP) is 5.33. The van der Waals surface area contributed by atoms with Crippen LogP contribution in [0.25, 0.3) is 0 Å². The second-order valence-electron chi connectivity index (χ2n) is 4.85. The van der Waals surface area contributed by atoms with E-state index in [0.717, 1.165) is 18.6 Å². The van der Waals surface area contributed by atoms with E-state index in [0.29, 0.717) is 22.4 Å². The highest BCUT2D eigenvalue weighted by atomic mass is 79.9. The van der Waals surface area contributed by atoms with Gasteiger partial charge >= 0.3 is 6.18 Å². The maximum absolute atomic E-state index is 12.7. The smallest absolute Gasteiger partial charge is 0.324 e. The quantitative estimate of drug-likeness (QED) is 0.772. The Kier molecular flexibility index (Phi) is 7.40. The summed E-state index contributed by atoms with van der Waals surface area (Å²) in [6.45, 7) is 4.13. The molecule has 1 atom stereocenters. The first kappa shape index (κ1) is 18.7. The molecule has 0 bridgehead atoms. The molecule has 6 heteroatoms. The van der Waals surface area contributed by atoms with Crippen LogP contribution in [0.5, 0.6) is 0 Å². The zero-order valence-corrected chi connectivity index (χ0v) is 13.2. The Hall–Kier alpha value is -0.260. The number of hydrogen-bond acceptors (Lipinski definition) is 1. The lowest BCUT2D eigenvalue weighted by Gasteiger charge is -2.16. The summed E-state index contributed by atoms with van der Waals surface area (Å²) in [6, 6.07) is 3.50. The molecule has 0 spiro atoms. The Bertz CT molecular complexity index is 407. The maximum atomic E-state index is 12.7. The zero-order valence-electron chi connectivity index (χ0n) is 10.8. The molecule has 1 nitrogen and oxygen atoms in total. The standard InChI is InChI=1S/C13H17BrF3N.ClH/c1-8(2)3-4-12(18)9-5-10(13(15,16)17)7-11(14)6-9;/h5-8,12H,3-4,18H2,1-2H3;1H/t12-;/m1./s1. The van der Waals surface area contributed by atoms with Crippen LogP contribution in [-0.2, 0) is 6.18 Å². The molecule has 0 heterocycles. The number of benzene rings is 1. The highest BCUT2D eigenvalue weighted by molar-refractivity contribution is 9.10. The van der Waals surface area contributed by atoms with Gasteiger partial charge in [0.25, 0.3) is 0 Å². The van der Waals surface area contributed by atoms with E-state index < -0.39 is 11.7 Å². The SMILES string of the molecule is CC(C)CC[C@@H](N)c1cc(Br)cc(C(F)(F)F)c1.Cl. The van der Waals surface area contributed by atoms with E-state index in [1.165, 1.54) is 0 Å². The summed E-state index contributed by atoms with van der Waals surface area (Å²) in [6.07, 6.45) is -2.75. The average molecular weight is 361 g/mol. The summed E-state index contributed by atoms with van der Waals surface area (Å²) in [7, 11) is 0. The molecule has 0 saturated carbocycles. The van der Waals surface area contributed by atoms with Crippen molar-refractivity contribution in [3.05, 3.63) is 33.8 Å². The third-order valence-electron chi connectivity index (χ3n) is 2.73. The summed E-state index contributed by atoms with van der Waals surface area (Å²) in [4.78, 5) is 0. The second-order valence-corrected chi connectivity index (χ2v) is 5.76. The molecular formula is C13H18BrClF3N. The van der Waals surface area contributed by atoms with Gasteiger partial charge in [0.1, 0.15) is 0 Å². The number of rotatable bonds is 4. The second kappa shape index (κ2) is 7.50. The fourth-order valence-electron chi connectivity index (χ4n) is 1.67. The molecule has 0 unspecified atom stereocenters. The van der Waals surface area contributed by atoms with Crippen molar-refractivity contribution in [2.24, 2.45) is 11.7 Å². The van der Waals surface area contributed by atoms with Crippen LogP contribution in [0.15, 0.2) is 22.7 Å². The minimum absolute atomic E-state index is 0. The highest BCUT2D eigenvalue weighted by Gasteiger charge is 2.31.